The molecular formula is C17H30N2O2. The first-order chi connectivity index (χ1) is 10.1. The van der Waals surface area contributed by atoms with Crippen LogP contribution in [0.1, 0.15) is 19.4 Å². The van der Waals surface area contributed by atoms with Crippen LogP contribution in [0, 0.1) is 5.92 Å². The summed E-state index contributed by atoms with van der Waals surface area (Å²) in [5.74, 6) is 1.64. The molecule has 0 saturated heterocycles. The van der Waals surface area contributed by atoms with Crippen LogP contribution in [0.25, 0.3) is 0 Å². The Bertz CT molecular complexity index is 383. The zero-order chi connectivity index (χ0) is 15.5. The van der Waals surface area contributed by atoms with Gasteiger partial charge in [0.05, 0.1) is 6.61 Å². The van der Waals surface area contributed by atoms with Gasteiger partial charge in [-0.2, -0.15) is 0 Å². The van der Waals surface area contributed by atoms with Gasteiger partial charge in [0, 0.05) is 32.3 Å². The fraction of sp³-hybridized carbons (Fsp3) is 0.647. The lowest BCUT2D eigenvalue weighted by Crippen LogP contribution is -2.27. The van der Waals surface area contributed by atoms with Crippen LogP contribution in [0.4, 0.5) is 0 Å². The summed E-state index contributed by atoms with van der Waals surface area (Å²) in [6.45, 7) is 9.58. The minimum atomic E-state index is 0.660. The second-order valence-electron chi connectivity index (χ2n) is 5.78. The Morgan fingerprint density at radius 1 is 1.14 bits per heavy atom. The van der Waals surface area contributed by atoms with Crippen molar-refractivity contribution in [2.45, 2.75) is 20.4 Å². The highest BCUT2D eigenvalue weighted by molar-refractivity contribution is 5.33. The second kappa shape index (κ2) is 10.6. The third-order valence-corrected chi connectivity index (χ3v) is 3.25. The number of nitrogens with zero attached hydrogens (tertiary/aromatic N) is 1. The molecule has 0 bridgehead atoms. The summed E-state index contributed by atoms with van der Waals surface area (Å²) in [7, 11) is 3.81. The first kappa shape index (κ1) is 18.0. The number of benzene rings is 1. The zero-order valence-electron chi connectivity index (χ0n) is 13.9. The van der Waals surface area contributed by atoms with Crippen LogP contribution in [0.3, 0.4) is 0 Å². The van der Waals surface area contributed by atoms with Gasteiger partial charge in [-0.1, -0.05) is 32.0 Å². The molecule has 0 fully saturated rings. The van der Waals surface area contributed by atoms with E-state index in [1.807, 2.05) is 12.1 Å². The number of nitrogens with one attached hydrogen (secondary N) is 1. The number of likely N-dealkylation sites (N-methyl/N-ethyl adjacent to an activating group) is 1. The Kier molecular flexibility index (Phi) is 9.06. The van der Waals surface area contributed by atoms with Gasteiger partial charge in [0.2, 0.25) is 0 Å². The smallest absolute Gasteiger partial charge is 0.123 e. The van der Waals surface area contributed by atoms with E-state index < -0.39 is 0 Å². The molecule has 0 unspecified atom stereocenters. The minimum absolute atomic E-state index is 0.660. The normalized spacial score (nSPS) is 11.3. The molecule has 0 aliphatic rings. The van der Waals surface area contributed by atoms with Crippen molar-refractivity contribution in [3.63, 3.8) is 0 Å². The monoisotopic (exact) mass is 294 g/mol. The van der Waals surface area contributed by atoms with Crippen molar-refractivity contribution in [2.75, 3.05) is 47.0 Å². The summed E-state index contributed by atoms with van der Waals surface area (Å²) < 4.78 is 11.0. The number of para-hydroxylation sites is 1. The largest absolute Gasteiger partial charge is 0.492 e. The third-order valence-electron chi connectivity index (χ3n) is 3.25. The summed E-state index contributed by atoms with van der Waals surface area (Å²) in [6.07, 6.45) is 0. The van der Waals surface area contributed by atoms with Crippen molar-refractivity contribution in [3.8, 4) is 5.75 Å². The number of ether oxygens (including phenoxy) is 2. The lowest BCUT2D eigenvalue weighted by Gasteiger charge is -2.17. The SMILES string of the molecule is COCCN(C)CCOc1ccccc1CNCC(C)C. The maximum absolute atomic E-state index is 5.92. The molecule has 0 atom stereocenters. The standard InChI is InChI=1S/C17H30N2O2/c1-15(2)13-18-14-16-7-5-6-8-17(16)21-12-10-19(3)9-11-20-4/h5-8,15,18H,9-14H2,1-4H3. The van der Waals surface area contributed by atoms with Gasteiger partial charge >= 0.3 is 0 Å². The molecule has 120 valence electrons. The van der Waals surface area contributed by atoms with Crippen LogP contribution in [-0.4, -0.2) is 51.9 Å². The van der Waals surface area contributed by atoms with Crippen molar-refractivity contribution < 1.29 is 9.47 Å². The molecule has 0 radical (unpaired) electrons. The molecule has 1 rings (SSSR count). The van der Waals surface area contributed by atoms with Gasteiger partial charge in [-0.25, -0.2) is 0 Å². The van der Waals surface area contributed by atoms with Crippen molar-refractivity contribution in [3.05, 3.63) is 29.8 Å². The molecule has 0 heterocycles. The molecule has 21 heavy (non-hydrogen) atoms. The highest BCUT2D eigenvalue weighted by Gasteiger charge is 2.04. The first-order valence-corrected chi connectivity index (χ1v) is 7.72. The van der Waals surface area contributed by atoms with Gasteiger partial charge in [0.1, 0.15) is 12.4 Å². The molecule has 4 heteroatoms. The Hall–Kier alpha value is -1.10. The quantitative estimate of drug-likeness (QED) is 0.679. The van der Waals surface area contributed by atoms with E-state index in [1.54, 1.807) is 7.11 Å². The number of methoxy groups -OCH3 is 1. The van der Waals surface area contributed by atoms with E-state index in [-0.39, 0.29) is 0 Å². The van der Waals surface area contributed by atoms with Crippen LogP contribution in [0.5, 0.6) is 5.75 Å². The Balaban J connectivity index is 2.36. The van der Waals surface area contributed by atoms with Gasteiger partial charge < -0.3 is 19.7 Å². The van der Waals surface area contributed by atoms with Crippen LogP contribution >= 0.6 is 0 Å². The van der Waals surface area contributed by atoms with Crippen LogP contribution in [0.15, 0.2) is 24.3 Å². The fourth-order valence-corrected chi connectivity index (χ4v) is 1.96. The van der Waals surface area contributed by atoms with E-state index in [0.717, 1.165) is 38.5 Å². The molecule has 0 aliphatic carbocycles. The molecule has 1 aromatic carbocycles. The predicted molar refractivity (Wildman–Crippen MR) is 87.9 cm³/mol. The predicted octanol–water partition coefficient (Wildman–Crippen LogP) is 2.39. The molecule has 4 nitrogen and oxygen atoms in total. The van der Waals surface area contributed by atoms with E-state index in [1.165, 1.54) is 5.56 Å². The van der Waals surface area contributed by atoms with Crippen molar-refractivity contribution in [1.29, 1.82) is 0 Å². The van der Waals surface area contributed by atoms with E-state index in [4.69, 9.17) is 9.47 Å². The molecule has 1 aromatic rings. The summed E-state index contributed by atoms with van der Waals surface area (Å²) >= 11 is 0. The van der Waals surface area contributed by atoms with E-state index in [0.29, 0.717) is 12.5 Å². The van der Waals surface area contributed by atoms with Crippen LogP contribution < -0.4 is 10.1 Å². The third kappa shape index (κ3) is 8.05. The first-order valence-electron chi connectivity index (χ1n) is 7.72. The van der Waals surface area contributed by atoms with E-state index >= 15 is 0 Å². The maximum atomic E-state index is 5.92. The lowest BCUT2D eigenvalue weighted by molar-refractivity contribution is 0.150. The van der Waals surface area contributed by atoms with Crippen molar-refractivity contribution in [2.24, 2.45) is 5.92 Å². The second-order valence-corrected chi connectivity index (χ2v) is 5.78. The summed E-state index contributed by atoms with van der Waals surface area (Å²) in [5.41, 5.74) is 1.22. The van der Waals surface area contributed by atoms with Gasteiger partial charge in [-0.05, 0) is 25.6 Å². The zero-order valence-corrected chi connectivity index (χ0v) is 13.9. The minimum Gasteiger partial charge on any atom is -0.492 e. The molecule has 0 aliphatic heterocycles. The number of rotatable bonds is 11. The number of hydrogen-bond donors (Lipinski definition) is 1. The molecule has 1 N–H and O–H groups in total. The molecule has 0 saturated carbocycles. The fourth-order valence-electron chi connectivity index (χ4n) is 1.96. The topological polar surface area (TPSA) is 33.7 Å². The lowest BCUT2D eigenvalue weighted by atomic mass is 10.2. The van der Waals surface area contributed by atoms with Gasteiger partial charge in [-0.15, -0.1) is 0 Å². The van der Waals surface area contributed by atoms with Crippen molar-refractivity contribution in [1.82, 2.24) is 10.2 Å². The van der Waals surface area contributed by atoms with Crippen molar-refractivity contribution >= 4 is 0 Å². The summed E-state index contributed by atoms with van der Waals surface area (Å²) in [6, 6.07) is 8.25. The summed E-state index contributed by atoms with van der Waals surface area (Å²) in [4.78, 5) is 2.21. The average Bonchev–Trinajstić information content (AvgIpc) is 2.46. The Labute approximate surface area is 129 Å². The van der Waals surface area contributed by atoms with E-state index in [2.05, 4.69) is 43.2 Å². The molecule has 0 aromatic heterocycles. The van der Waals surface area contributed by atoms with Gasteiger partial charge in [0.25, 0.3) is 0 Å². The van der Waals surface area contributed by atoms with Crippen LogP contribution in [0.2, 0.25) is 0 Å². The molecule has 0 spiro atoms. The molecule has 0 amide bonds. The molecular weight excluding hydrogens is 264 g/mol. The number of hydrogen-bond acceptors (Lipinski definition) is 4. The highest BCUT2D eigenvalue weighted by Crippen LogP contribution is 2.17. The van der Waals surface area contributed by atoms with E-state index in [9.17, 15) is 0 Å². The van der Waals surface area contributed by atoms with Crippen LogP contribution in [-0.2, 0) is 11.3 Å². The summed E-state index contributed by atoms with van der Waals surface area (Å²) in [5, 5.41) is 3.46. The highest BCUT2D eigenvalue weighted by atomic mass is 16.5. The average molecular weight is 294 g/mol. The Morgan fingerprint density at radius 2 is 1.86 bits per heavy atom. The maximum Gasteiger partial charge on any atom is 0.123 e. The van der Waals surface area contributed by atoms with Gasteiger partial charge in [-0.3, -0.25) is 0 Å². The Morgan fingerprint density at radius 3 is 2.57 bits per heavy atom. The van der Waals surface area contributed by atoms with Gasteiger partial charge in [0.15, 0.2) is 0 Å².